The Kier molecular flexibility index (Phi) is 1.86. The van der Waals surface area contributed by atoms with E-state index in [4.69, 9.17) is 4.74 Å². The lowest BCUT2D eigenvalue weighted by Gasteiger charge is -2.30. The van der Waals surface area contributed by atoms with Crippen molar-refractivity contribution in [1.82, 2.24) is 4.90 Å². The first-order chi connectivity index (χ1) is 6.41. The summed E-state index contributed by atoms with van der Waals surface area (Å²) in [7, 11) is 0. The molecule has 2 heterocycles. The monoisotopic (exact) mass is 205 g/mol. The van der Waals surface area contributed by atoms with Gasteiger partial charge in [-0.1, -0.05) is 0 Å². The number of carbonyl (C=O) groups is 1. The van der Waals surface area contributed by atoms with E-state index in [1.165, 1.54) is 4.90 Å². The number of amides is 1. The van der Waals surface area contributed by atoms with E-state index in [2.05, 4.69) is 0 Å². The first-order valence-electron chi connectivity index (χ1n) is 4.63. The highest BCUT2D eigenvalue weighted by Gasteiger charge is 2.60. The summed E-state index contributed by atoms with van der Waals surface area (Å²) in [6.07, 6.45) is -0.0915. The maximum Gasteiger partial charge on any atom is 0.265 e. The summed E-state index contributed by atoms with van der Waals surface area (Å²) in [5.74, 6) is -0.771. The quantitative estimate of drug-likeness (QED) is 0.640. The minimum atomic E-state index is -2.31. The van der Waals surface area contributed by atoms with Gasteiger partial charge in [-0.25, -0.2) is 8.78 Å². The van der Waals surface area contributed by atoms with Crippen LogP contribution in [0.15, 0.2) is 0 Å². The first-order valence-corrected chi connectivity index (χ1v) is 4.63. The molecule has 0 unspecified atom stereocenters. The molecule has 14 heavy (non-hydrogen) atoms. The second-order valence-corrected chi connectivity index (χ2v) is 4.39. The van der Waals surface area contributed by atoms with Crippen LogP contribution in [0, 0.1) is 0 Å². The van der Waals surface area contributed by atoms with Gasteiger partial charge in [0.25, 0.3) is 5.91 Å². The summed E-state index contributed by atoms with van der Waals surface area (Å²) >= 11 is 0. The van der Waals surface area contributed by atoms with E-state index >= 15 is 0 Å². The summed E-state index contributed by atoms with van der Waals surface area (Å²) in [6, 6.07) is -0.307. The number of rotatable bonds is 1. The molecule has 0 aliphatic carbocycles. The Labute approximate surface area is 81.0 Å². The average Bonchev–Trinajstić information content (AvgIpc) is 2.53. The highest BCUT2D eigenvalue weighted by atomic mass is 19.2. The predicted molar refractivity (Wildman–Crippen MR) is 45.1 cm³/mol. The molecule has 2 aliphatic rings. The lowest BCUT2D eigenvalue weighted by Crippen LogP contribution is -2.47. The van der Waals surface area contributed by atoms with E-state index in [9.17, 15) is 13.6 Å². The highest BCUT2D eigenvalue weighted by Crippen LogP contribution is 2.41. The predicted octanol–water partition coefficient (Wildman–Crippen LogP) is 1.03. The van der Waals surface area contributed by atoms with Crippen LogP contribution in [-0.2, 0) is 9.53 Å². The van der Waals surface area contributed by atoms with Gasteiger partial charge in [-0.3, -0.25) is 4.79 Å². The van der Waals surface area contributed by atoms with Crippen LogP contribution in [0.1, 0.15) is 20.3 Å². The maximum atomic E-state index is 13.7. The van der Waals surface area contributed by atoms with Crippen molar-refractivity contribution in [2.45, 2.75) is 37.7 Å². The second-order valence-electron chi connectivity index (χ2n) is 4.39. The molecule has 80 valence electrons. The van der Waals surface area contributed by atoms with Crippen molar-refractivity contribution in [2.75, 3.05) is 13.3 Å². The Morgan fingerprint density at radius 3 is 2.79 bits per heavy atom. The maximum absolute atomic E-state index is 13.7. The van der Waals surface area contributed by atoms with E-state index in [0.717, 1.165) is 0 Å². The van der Waals surface area contributed by atoms with E-state index in [1.807, 2.05) is 0 Å². The van der Waals surface area contributed by atoms with Crippen LogP contribution >= 0.6 is 0 Å². The van der Waals surface area contributed by atoms with Gasteiger partial charge in [-0.2, -0.15) is 0 Å². The average molecular weight is 205 g/mol. The number of nitrogens with zero attached hydrogens (tertiary/aromatic N) is 1. The lowest BCUT2D eigenvalue weighted by molar-refractivity contribution is -0.152. The van der Waals surface area contributed by atoms with Gasteiger partial charge in [0.05, 0.1) is 12.6 Å². The number of ether oxygens (including phenoxy) is 1. The van der Waals surface area contributed by atoms with Crippen LogP contribution in [0.5, 0.6) is 0 Å². The molecule has 0 aromatic rings. The Morgan fingerprint density at radius 1 is 1.64 bits per heavy atom. The standard InChI is InChI=1S/C9H13F2NO2/c1-8(2)12-6(4-14-8)3-9(11,5-10)7(12)13/h6H,3-5H2,1-2H3/t6-,9+/m0/s1. The summed E-state index contributed by atoms with van der Waals surface area (Å²) < 4.78 is 31.4. The number of halogens is 2. The minimum Gasteiger partial charge on any atom is -0.354 e. The van der Waals surface area contributed by atoms with Crippen molar-refractivity contribution in [3.8, 4) is 0 Å². The van der Waals surface area contributed by atoms with Crippen molar-refractivity contribution in [2.24, 2.45) is 0 Å². The van der Waals surface area contributed by atoms with Gasteiger partial charge in [-0.05, 0) is 13.8 Å². The molecule has 0 bridgehead atoms. The fourth-order valence-electron chi connectivity index (χ4n) is 2.23. The van der Waals surface area contributed by atoms with Gasteiger partial charge in [0, 0.05) is 6.42 Å². The van der Waals surface area contributed by atoms with Crippen LogP contribution in [-0.4, -0.2) is 41.5 Å². The molecule has 0 spiro atoms. The number of alkyl halides is 2. The third-order valence-electron chi connectivity index (χ3n) is 2.95. The molecule has 0 N–H and O–H groups in total. The van der Waals surface area contributed by atoms with Crippen molar-refractivity contribution in [3.05, 3.63) is 0 Å². The van der Waals surface area contributed by atoms with Crippen molar-refractivity contribution >= 4 is 5.91 Å². The fourth-order valence-corrected chi connectivity index (χ4v) is 2.23. The normalized spacial score (nSPS) is 40.4. The smallest absolute Gasteiger partial charge is 0.265 e. The molecule has 0 radical (unpaired) electrons. The van der Waals surface area contributed by atoms with Gasteiger partial charge in [0.2, 0.25) is 5.67 Å². The summed E-state index contributed by atoms with van der Waals surface area (Å²) in [5, 5.41) is 0. The number of carbonyl (C=O) groups excluding carboxylic acids is 1. The van der Waals surface area contributed by atoms with Crippen molar-refractivity contribution in [1.29, 1.82) is 0 Å². The van der Waals surface area contributed by atoms with Gasteiger partial charge >= 0.3 is 0 Å². The Balaban J connectivity index is 2.30. The zero-order chi connectivity index (χ0) is 10.6. The molecule has 2 atom stereocenters. The topological polar surface area (TPSA) is 29.5 Å². The van der Waals surface area contributed by atoms with Crippen LogP contribution < -0.4 is 0 Å². The first kappa shape index (κ1) is 9.83. The molecule has 3 nitrogen and oxygen atoms in total. The molecular formula is C9H13F2NO2. The van der Waals surface area contributed by atoms with Crippen LogP contribution in [0.25, 0.3) is 0 Å². The van der Waals surface area contributed by atoms with Crippen LogP contribution in [0.4, 0.5) is 8.78 Å². The molecule has 2 rings (SSSR count). The SMILES string of the molecule is CC1(C)OC[C@@H]2C[C@@](F)(CF)C(=O)N21. The zero-order valence-electron chi connectivity index (χ0n) is 8.22. The number of hydrogen-bond donors (Lipinski definition) is 0. The molecule has 2 aliphatic heterocycles. The molecule has 2 saturated heterocycles. The molecule has 1 amide bonds. The Bertz CT molecular complexity index is 282. The lowest BCUT2D eigenvalue weighted by atomic mass is 10.0. The number of hydrogen-bond acceptors (Lipinski definition) is 2. The number of fused-ring (bicyclic) bond motifs is 1. The van der Waals surface area contributed by atoms with E-state index in [1.54, 1.807) is 13.8 Å². The van der Waals surface area contributed by atoms with Gasteiger partial charge in [0.1, 0.15) is 12.4 Å². The highest BCUT2D eigenvalue weighted by molar-refractivity contribution is 5.88. The van der Waals surface area contributed by atoms with Gasteiger partial charge in [0.15, 0.2) is 0 Å². The van der Waals surface area contributed by atoms with Gasteiger partial charge in [-0.15, -0.1) is 0 Å². The zero-order valence-corrected chi connectivity index (χ0v) is 8.22. The summed E-state index contributed by atoms with van der Waals surface area (Å²) in [4.78, 5) is 12.9. The molecule has 0 saturated carbocycles. The fraction of sp³-hybridized carbons (Fsp3) is 0.889. The van der Waals surface area contributed by atoms with E-state index in [0.29, 0.717) is 6.61 Å². The molecule has 0 aromatic carbocycles. The molecular weight excluding hydrogens is 192 g/mol. The van der Waals surface area contributed by atoms with Crippen LogP contribution in [0.3, 0.4) is 0 Å². The largest absolute Gasteiger partial charge is 0.354 e. The Morgan fingerprint density at radius 2 is 2.29 bits per heavy atom. The van der Waals surface area contributed by atoms with E-state index < -0.39 is 24.0 Å². The van der Waals surface area contributed by atoms with Crippen molar-refractivity contribution in [3.63, 3.8) is 0 Å². The summed E-state index contributed by atoms with van der Waals surface area (Å²) in [5.41, 5.74) is -3.11. The molecule has 5 heteroatoms. The van der Waals surface area contributed by atoms with E-state index in [-0.39, 0.29) is 12.5 Å². The summed E-state index contributed by atoms with van der Waals surface area (Å²) in [6.45, 7) is 2.43. The third-order valence-corrected chi connectivity index (χ3v) is 2.95. The van der Waals surface area contributed by atoms with Gasteiger partial charge < -0.3 is 9.64 Å². The second kappa shape index (κ2) is 2.66. The molecule has 2 fully saturated rings. The van der Waals surface area contributed by atoms with Crippen molar-refractivity contribution < 1.29 is 18.3 Å². The van der Waals surface area contributed by atoms with Crippen LogP contribution in [0.2, 0.25) is 0 Å². The molecule has 0 aromatic heterocycles. The minimum absolute atomic E-state index is 0.0915. The third kappa shape index (κ3) is 1.08. The Hall–Kier alpha value is -0.710.